The van der Waals surface area contributed by atoms with Gasteiger partial charge in [-0.05, 0) is 67.6 Å². The van der Waals surface area contributed by atoms with Gasteiger partial charge in [-0.1, -0.05) is 55.0 Å². The Hall–Kier alpha value is -3.32. The van der Waals surface area contributed by atoms with Crippen LogP contribution in [0.3, 0.4) is 0 Å². The highest BCUT2D eigenvalue weighted by Gasteiger charge is 2.43. The highest BCUT2D eigenvalue weighted by molar-refractivity contribution is 7.89. The fourth-order valence-corrected chi connectivity index (χ4v) is 8.65. The summed E-state index contributed by atoms with van der Waals surface area (Å²) in [6.45, 7) is 10.7. The van der Waals surface area contributed by atoms with Crippen LogP contribution in [-0.4, -0.2) is 90.9 Å². The zero-order valence-electron chi connectivity index (χ0n) is 30.7. The van der Waals surface area contributed by atoms with Crippen LogP contribution in [0.25, 0.3) is 0 Å². The van der Waals surface area contributed by atoms with Crippen LogP contribution in [0.15, 0.2) is 71.6 Å². The lowest BCUT2D eigenvalue weighted by Crippen LogP contribution is -2.52. The molecule has 0 aromatic heterocycles. The van der Waals surface area contributed by atoms with Gasteiger partial charge in [0.05, 0.1) is 49.7 Å². The van der Waals surface area contributed by atoms with E-state index in [1.807, 2.05) is 19.1 Å². The first-order valence-electron chi connectivity index (χ1n) is 17.9. The summed E-state index contributed by atoms with van der Waals surface area (Å²) in [5, 5.41) is 0. The summed E-state index contributed by atoms with van der Waals surface area (Å²) >= 11 is 0. The van der Waals surface area contributed by atoms with Gasteiger partial charge in [-0.15, -0.1) is 0 Å². The minimum atomic E-state index is -3.91. The van der Waals surface area contributed by atoms with Gasteiger partial charge in [-0.25, -0.2) is 8.42 Å². The molecule has 0 radical (unpaired) electrons. The molecule has 3 aromatic carbocycles. The van der Waals surface area contributed by atoms with Gasteiger partial charge in [0.25, 0.3) is 0 Å². The van der Waals surface area contributed by atoms with Crippen molar-refractivity contribution in [3.63, 3.8) is 0 Å². The van der Waals surface area contributed by atoms with Crippen molar-refractivity contribution in [2.45, 2.75) is 76.2 Å². The molecule has 5 rings (SSSR count). The maximum atomic E-state index is 14.2. The Kier molecular flexibility index (Phi) is 14.1. The molecule has 51 heavy (non-hydrogen) atoms. The fourth-order valence-electron chi connectivity index (χ4n) is 7.01. The van der Waals surface area contributed by atoms with Gasteiger partial charge in [0, 0.05) is 58.2 Å². The molecule has 2 aliphatic rings. The van der Waals surface area contributed by atoms with Gasteiger partial charge < -0.3 is 28.6 Å². The SMILES string of the molecule is COCCCN1CCOc2ccc(CO[C@H]3CN(S(=O)(=O)c4ccc(C)cc4)[C@@H](CC(C)=O)C[C@@H]3c3ccc(COC[C@@H](C)COC)cc3)cc21. The summed E-state index contributed by atoms with van der Waals surface area (Å²) in [7, 11) is -0.507. The molecule has 0 spiro atoms. The molecule has 4 atom stereocenters. The van der Waals surface area contributed by atoms with E-state index in [-0.39, 0.29) is 29.6 Å². The van der Waals surface area contributed by atoms with Crippen molar-refractivity contribution in [3.8, 4) is 5.75 Å². The number of hydrogen-bond donors (Lipinski definition) is 0. The Bertz CT molecular complexity index is 1660. The third-order valence-corrected chi connectivity index (χ3v) is 11.6. The predicted octanol–water partition coefficient (Wildman–Crippen LogP) is 6.14. The number of nitrogens with zero attached hydrogens (tertiary/aromatic N) is 2. The molecule has 10 nitrogen and oxygen atoms in total. The van der Waals surface area contributed by atoms with E-state index in [0.29, 0.717) is 52.0 Å². The van der Waals surface area contributed by atoms with Crippen LogP contribution >= 0.6 is 0 Å². The number of rotatable bonds is 18. The Morgan fingerprint density at radius 2 is 1.71 bits per heavy atom. The average Bonchev–Trinajstić information content (AvgIpc) is 3.11. The van der Waals surface area contributed by atoms with Crippen LogP contribution in [0.2, 0.25) is 0 Å². The number of fused-ring (bicyclic) bond motifs is 1. The number of hydrogen-bond acceptors (Lipinski definition) is 9. The lowest BCUT2D eigenvalue weighted by molar-refractivity contribution is -0.118. The Morgan fingerprint density at radius 1 is 0.961 bits per heavy atom. The normalized spacial score (nSPS) is 20.1. The van der Waals surface area contributed by atoms with Gasteiger partial charge in [-0.2, -0.15) is 4.31 Å². The van der Waals surface area contributed by atoms with Crippen LogP contribution in [0.5, 0.6) is 5.75 Å². The van der Waals surface area contributed by atoms with Crippen LogP contribution in [0.4, 0.5) is 5.69 Å². The number of anilines is 1. The summed E-state index contributed by atoms with van der Waals surface area (Å²) < 4.78 is 59.0. The largest absolute Gasteiger partial charge is 0.490 e. The number of ketones is 1. The van der Waals surface area contributed by atoms with E-state index in [2.05, 4.69) is 42.2 Å². The molecule has 0 bridgehead atoms. The standard InChI is InChI=1S/C40H54N2O8S/c1-29-7-14-36(15-8-29)51(44,45)42-24-40(50-28-33-11-16-39-38(22-33)41(18-20-49-39)17-6-19-46-4)37(23-35(42)21-31(3)43)34-12-9-32(10-13-34)27-48-26-30(2)25-47-5/h7-16,22,30,35,37,40H,6,17-21,23-28H2,1-5H3/t30-,35-,37+,40-/m0/s1. The predicted molar refractivity (Wildman–Crippen MR) is 198 cm³/mol. The first-order valence-corrected chi connectivity index (χ1v) is 19.4. The van der Waals surface area contributed by atoms with Crippen molar-refractivity contribution in [1.82, 2.24) is 4.31 Å². The van der Waals surface area contributed by atoms with Gasteiger partial charge in [0.1, 0.15) is 18.1 Å². The molecule has 0 N–H and O–H groups in total. The summed E-state index contributed by atoms with van der Waals surface area (Å²) in [5.74, 6) is 0.955. The Morgan fingerprint density at radius 3 is 2.41 bits per heavy atom. The van der Waals surface area contributed by atoms with Crippen LogP contribution in [0.1, 0.15) is 61.3 Å². The van der Waals surface area contributed by atoms with Crippen molar-refractivity contribution < 1.29 is 36.9 Å². The van der Waals surface area contributed by atoms with Crippen molar-refractivity contribution in [2.24, 2.45) is 5.92 Å². The van der Waals surface area contributed by atoms with Crippen LogP contribution in [-0.2, 0) is 47.0 Å². The van der Waals surface area contributed by atoms with Crippen LogP contribution in [0, 0.1) is 12.8 Å². The van der Waals surface area contributed by atoms with Gasteiger partial charge >= 0.3 is 0 Å². The highest BCUT2D eigenvalue weighted by atomic mass is 32.2. The zero-order chi connectivity index (χ0) is 36.4. The van der Waals surface area contributed by atoms with E-state index >= 15 is 0 Å². The molecule has 1 fully saturated rings. The Labute approximate surface area is 304 Å². The zero-order valence-corrected chi connectivity index (χ0v) is 31.5. The van der Waals surface area contributed by atoms with E-state index in [1.165, 1.54) is 11.2 Å². The van der Waals surface area contributed by atoms with Gasteiger partial charge in [-0.3, -0.25) is 4.79 Å². The number of carbonyl (C=O) groups is 1. The second-order valence-electron chi connectivity index (χ2n) is 13.9. The first kappa shape index (κ1) is 38.9. The smallest absolute Gasteiger partial charge is 0.243 e. The first-order chi connectivity index (χ1) is 24.6. The second kappa shape index (κ2) is 18.4. The van der Waals surface area contributed by atoms with E-state index in [1.54, 1.807) is 38.5 Å². The molecule has 278 valence electrons. The lowest BCUT2D eigenvalue weighted by Gasteiger charge is -2.43. The molecule has 0 aliphatic carbocycles. The van der Waals surface area contributed by atoms with Crippen molar-refractivity contribution in [1.29, 1.82) is 0 Å². The minimum Gasteiger partial charge on any atom is -0.490 e. The third kappa shape index (κ3) is 10.4. The summed E-state index contributed by atoms with van der Waals surface area (Å²) in [6.07, 6.45) is 1.02. The molecule has 1 saturated heterocycles. The summed E-state index contributed by atoms with van der Waals surface area (Å²) in [4.78, 5) is 15.1. The number of piperidine rings is 1. The van der Waals surface area contributed by atoms with Crippen molar-refractivity contribution >= 4 is 21.5 Å². The Balaban J connectivity index is 1.41. The number of aryl methyl sites for hydroxylation is 1. The quantitative estimate of drug-likeness (QED) is 0.143. The highest BCUT2D eigenvalue weighted by Crippen LogP contribution is 2.39. The third-order valence-electron chi connectivity index (χ3n) is 9.65. The minimum absolute atomic E-state index is 0.0521. The second-order valence-corrected chi connectivity index (χ2v) is 15.8. The van der Waals surface area contributed by atoms with Gasteiger partial charge in [0.15, 0.2) is 0 Å². The molecule has 0 unspecified atom stereocenters. The average molecular weight is 723 g/mol. The molecule has 2 aliphatic heterocycles. The van der Waals surface area contributed by atoms with E-state index in [9.17, 15) is 13.2 Å². The number of benzene rings is 3. The molecular weight excluding hydrogens is 669 g/mol. The molecular formula is C40H54N2O8S. The number of ether oxygens (including phenoxy) is 5. The van der Waals surface area contributed by atoms with Crippen LogP contribution < -0.4 is 9.64 Å². The van der Waals surface area contributed by atoms with Gasteiger partial charge in [0.2, 0.25) is 10.0 Å². The van der Waals surface area contributed by atoms with Crippen molar-refractivity contribution in [2.75, 3.05) is 65.2 Å². The van der Waals surface area contributed by atoms with E-state index in [0.717, 1.165) is 53.2 Å². The van der Waals surface area contributed by atoms with E-state index < -0.39 is 22.2 Å². The van der Waals surface area contributed by atoms with E-state index in [4.69, 9.17) is 23.7 Å². The number of Topliss-reactive ketones (excluding diaryl/α,β-unsaturated/α-hetero) is 1. The monoisotopic (exact) mass is 722 g/mol. The fraction of sp³-hybridized carbons (Fsp3) is 0.525. The molecule has 0 saturated carbocycles. The summed E-state index contributed by atoms with van der Waals surface area (Å²) in [5.41, 5.74) is 5.06. The molecule has 0 amide bonds. The topological polar surface area (TPSA) is 104 Å². The summed E-state index contributed by atoms with van der Waals surface area (Å²) in [6, 6.07) is 20.8. The maximum absolute atomic E-state index is 14.2. The maximum Gasteiger partial charge on any atom is 0.243 e. The molecule has 2 heterocycles. The molecule has 3 aromatic rings. The lowest BCUT2D eigenvalue weighted by atomic mass is 9.82. The number of sulfonamides is 1. The number of carbonyl (C=O) groups excluding carboxylic acids is 1. The van der Waals surface area contributed by atoms with Crippen molar-refractivity contribution in [3.05, 3.63) is 89.0 Å². The number of methoxy groups -OCH3 is 2. The molecule has 11 heteroatoms.